The quantitative estimate of drug-likeness (QED) is 0.889. The van der Waals surface area contributed by atoms with Crippen LogP contribution in [0.25, 0.3) is 11.3 Å². The van der Waals surface area contributed by atoms with Crippen molar-refractivity contribution in [2.75, 3.05) is 24.7 Å². The maximum absolute atomic E-state index is 5.62. The summed E-state index contributed by atoms with van der Waals surface area (Å²) in [5, 5.41) is 6.87. The van der Waals surface area contributed by atoms with Gasteiger partial charge in [-0.15, -0.1) is 0 Å². The van der Waals surface area contributed by atoms with E-state index in [4.69, 9.17) is 5.73 Å². The van der Waals surface area contributed by atoms with Crippen molar-refractivity contribution in [1.29, 1.82) is 0 Å². The zero-order valence-electron chi connectivity index (χ0n) is 9.16. The lowest BCUT2D eigenvalue weighted by Gasteiger charge is -2.17. The van der Waals surface area contributed by atoms with Crippen molar-refractivity contribution < 1.29 is 0 Å². The van der Waals surface area contributed by atoms with Crippen molar-refractivity contribution in [1.82, 2.24) is 10.2 Å². The van der Waals surface area contributed by atoms with Crippen molar-refractivity contribution >= 4 is 27.4 Å². The predicted molar refractivity (Wildman–Crippen MR) is 70.5 cm³/mol. The fourth-order valence-electron chi connectivity index (χ4n) is 1.62. The molecule has 2 rings (SSSR count). The Morgan fingerprint density at radius 1 is 1.38 bits per heavy atom. The molecule has 0 spiro atoms. The Bertz CT molecular complexity index is 504. The summed E-state index contributed by atoms with van der Waals surface area (Å²) >= 11 is 3.55. The molecular weight excluding hydrogens is 268 g/mol. The second-order valence-corrected chi connectivity index (χ2v) is 4.59. The van der Waals surface area contributed by atoms with E-state index in [0.717, 1.165) is 21.4 Å². The molecule has 1 heterocycles. The van der Waals surface area contributed by atoms with E-state index in [0.29, 0.717) is 5.82 Å². The number of nitrogens with one attached hydrogen (secondary N) is 1. The summed E-state index contributed by atoms with van der Waals surface area (Å²) in [6.45, 7) is 0. The van der Waals surface area contributed by atoms with Crippen LogP contribution in [-0.2, 0) is 0 Å². The summed E-state index contributed by atoms with van der Waals surface area (Å²) in [5.74, 6) is 0.496. The number of rotatable bonds is 2. The Balaban J connectivity index is 2.62. The number of hydrogen-bond acceptors (Lipinski definition) is 3. The predicted octanol–water partition coefficient (Wildman–Crippen LogP) is 2.49. The van der Waals surface area contributed by atoms with Gasteiger partial charge in [0.25, 0.3) is 0 Å². The summed E-state index contributed by atoms with van der Waals surface area (Å²) in [6.07, 6.45) is 0. The minimum Gasteiger partial charge on any atom is -0.382 e. The average Bonchev–Trinajstić information content (AvgIpc) is 2.64. The number of nitrogens with zero attached hydrogens (tertiary/aromatic N) is 2. The van der Waals surface area contributed by atoms with Crippen molar-refractivity contribution in [2.24, 2.45) is 0 Å². The maximum atomic E-state index is 5.62. The van der Waals surface area contributed by atoms with Crippen LogP contribution in [-0.4, -0.2) is 24.3 Å². The number of hydrogen-bond donors (Lipinski definition) is 2. The minimum atomic E-state index is 0.496. The van der Waals surface area contributed by atoms with Crippen LogP contribution in [0.1, 0.15) is 0 Å². The van der Waals surface area contributed by atoms with E-state index >= 15 is 0 Å². The third-order valence-corrected chi connectivity index (χ3v) is 3.00. The monoisotopic (exact) mass is 280 g/mol. The van der Waals surface area contributed by atoms with Gasteiger partial charge >= 0.3 is 0 Å². The highest BCUT2D eigenvalue weighted by atomic mass is 79.9. The number of aromatic nitrogens is 2. The molecule has 1 aromatic heterocycles. The largest absolute Gasteiger partial charge is 0.382 e. The van der Waals surface area contributed by atoms with Crippen LogP contribution in [0, 0.1) is 0 Å². The fraction of sp³-hybridized carbons (Fsp3) is 0.182. The molecule has 0 amide bonds. The van der Waals surface area contributed by atoms with Crippen LogP contribution in [0.5, 0.6) is 0 Å². The molecule has 0 aliphatic heterocycles. The molecule has 0 aliphatic rings. The molecule has 3 N–H and O–H groups in total. The molecule has 0 aliphatic carbocycles. The van der Waals surface area contributed by atoms with Crippen LogP contribution >= 0.6 is 15.9 Å². The van der Waals surface area contributed by atoms with E-state index < -0.39 is 0 Å². The topological polar surface area (TPSA) is 57.9 Å². The molecule has 0 atom stereocenters. The molecule has 0 bridgehead atoms. The van der Waals surface area contributed by atoms with Crippen LogP contribution < -0.4 is 10.6 Å². The Hall–Kier alpha value is -1.49. The number of anilines is 2. The van der Waals surface area contributed by atoms with E-state index in [9.17, 15) is 0 Å². The van der Waals surface area contributed by atoms with E-state index in [1.54, 1.807) is 0 Å². The van der Waals surface area contributed by atoms with Crippen LogP contribution in [0.2, 0.25) is 0 Å². The Kier molecular flexibility index (Phi) is 2.87. The summed E-state index contributed by atoms with van der Waals surface area (Å²) in [7, 11) is 4.01. The van der Waals surface area contributed by atoms with Gasteiger partial charge in [-0.2, -0.15) is 5.10 Å². The molecule has 84 valence electrons. The molecule has 0 unspecified atom stereocenters. The summed E-state index contributed by atoms with van der Waals surface area (Å²) < 4.78 is 1.02. The number of H-pyrrole nitrogens is 1. The van der Waals surface area contributed by atoms with Gasteiger partial charge in [0.05, 0.1) is 5.69 Å². The number of benzene rings is 1. The van der Waals surface area contributed by atoms with Gasteiger partial charge in [0.15, 0.2) is 0 Å². The molecule has 2 aromatic rings. The summed E-state index contributed by atoms with van der Waals surface area (Å²) in [4.78, 5) is 2.05. The van der Waals surface area contributed by atoms with Crippen molar-refractivity contribution in [3.63, 3.8) is 0 Å². The third kappa shape index (κ3) is 1.90. The van der Waals surface area contributed by atoms with Crippen LogP contribution in [0.4, 0.5) is 11.5 Å². The lowest BCUT2D eigenvalue weighted by molar-refractivity contribution is 1.09. The van der Waals surface area contributed by atoms with Gasteiger partial charge in [0.1, 0.15) is 5.82 Å². The molecule has 0 saturated carbocycles. The molecular formula is C11H13BrN4. The SMILES string of the molecule is CN(C)c1cccc(Br)c1-c1cc(N)n[nH]1. The van der Waals surface area contributed by atoms with E-state index in [-0.39, 0.29) is 0 Å². The Labute approximate surface area is 103 Å². The standard InChI is InChI=1S/C11H13BrN4/c1-16(2)9-5-3-4-7(12)11(9)8-6-10(13)15-14-8/h3-6H,1-2H3,(H3,13,14,15). The molecule has 0 fully saturated rings. The number of halogens is 1. The van der Waals surface area contributed by atoms with Gasteiger partial charge < -0.3 is 10.6 Å². The normalized spacial score (nSPS) is 10.4. The van der Waals surface area contributed by atoms with Gasteiger partial charge in [0.2, 0.25) is 0 Å². The zero-order chi connectivity index (χ0) is 11.7. The second-order valence-electron chi connectivity index (χ2n) is 3.73. The molecule has 5 heteroatoms. The van der Waals surface area contributed by atoms with Crippen LogP contribution in [0.3, 0.4) is 0 Å². The Morgan fingerprint density at radius 2 is 2.12 bits per heavy atom. The van der Waals surface area contributed by atoms with Gasteiger partial charge in [-0.3, -0.25) is 5.10 Å². The highest BCUT2D eigenvalue weighted by Crippen LogP contribution is 2.35. The molecule has 4 nitrogen and oxygen atoms in total. The van der Waals surface area contributed by atoms with Gasteiger partial charge in [-0.1, -0.05) is 22.0 Å². The Morgan fingerprint density at radius 3 is 2.69 bits per heavy atom. The number of aromatic amines is 1. The van der Waals surface area contributed by atoms with Crippen LogP contribution in [0.15, 0.2) is 28.7 Å². The minimum absolute atomic E-state index is 0.496. The molecule has 0 saturated heterocycles. The molecule has 1 aromatic carbocycles. The van der Waals surface area contributed by atoms with E-state index in [1.165, 1.54) is 0 Å². The van der Waals surface area contributed by atoms with E-state index in [1.807, 2.05) is 32.3 Å². The number of nitrogens with two attached hydrogens (primary N) is 1. The second kappa shape index (κ2) is 4.17. The maximum Gasteiger partial charge on any atom is 0.145 e. The zero-order valence-corrected chi connectivity index (χ0v) is 10.7. The van der Waals surface area contributed by atoms with Gasteiger partial charge in [0, 0.05) is 35.9 Å². The van der Waals surface area contributed by atoms with Gasteiger partial charge in [-0.25, -0.2) is 0 Å². The first-order valence-corrected chi connectivity index (χ1v) is 5.66. The third-order valence-electron chi connectivity index (χ3n) is 2.34. The van der Waals surface area contributed by atoms with E-state index in [2.05, 4.69) is 37.1 Å². The highest BCUT2D eigenvalue weighted by Gasteiger charge is 2.12. The first kappa shape index (κ1) is 11.0. The first-order chi connectivity index (χ1) is 7.59. The van der Waals surface area contributed by atoms with Crippen molar-refractivity contribution in [2.45, 2.75) is 0 Å². The fourth-order valence-corrected chi connectivity index (χ4v) is 2.19. The lowest BCUT2D eigenvalue weighted by Crippen LogP contribution is -2.10. The highest BCUT2D eigenvalue weighted by molar-refractivity contribution is 9.10. The lowest BCUT2D eigenvalue weighted by atomic mass is 10.1. The number of nitrogen functional groups attached to an aromatic ring is 1. The van der Waals surface area contributed by atoms with Crippen molar-refractivity contribution in [3.05, 3.63) is 28.7 Å². The molecule has 0 radical (unpaired) electrons. The molecule has 16 heavy (non-hydrogen) atoms. The summed E-state index contributed by atoms with van der Waals surface area (Å²) in [6, 6.07) is 7.88. The average molecular weight is 281 g/mol. The van der Waals surface area contributed by atoms with Gasteiger partial charge in [-0.05, 0) is 12.1 Å². The smallest absolute Gasteiger partial charge is 0.145 e. The summed E-state index contributed by atoms with van der Waals surface area (Å²) in [5.41, 5.74) is 8.71. The first-order valence-electron chi connectivity index (χ1n) is 4.86. The van der Waals surface area contributed by atoms with Crippen molar-refractivity contribution in [3.8, 4) is 11.3 Å².